The second-order valence-corrected chi connectivity index (χ2v) is 4.74. The molecule has 7 heteroatoms. The number of hydrogen-bond acceptors (Lipinski definition) is 2. The minimum atomic E-state index is -1.68. The van der Waals surface area contributed by atoms with Crippen molar-refractivity contribution >= 4 is 16.9 Å². The summed E-state index contributed by atoms with van der Waals surface area (Å²) in [4.78, 5) is 15.3. The molecule has 116 valence electrons. The molecule has 3 aromatic rings. The van der Waals surface area contributed by atoms with Crippen molar-refractivity contribution in [3.8, 4) is 11.3 Å². The minimum Gasteiger partial charge on any atom is -0.478 e. The quantitative estimate of drug-likeness (QED) is 0.570. The Morgan fingerprint density at radius 3 is 2.39 bits per heavy atom. The predicted molar refractivity (Wildman–Crippen MR) is 74.0 cm³/mol. The molecule has 0 atom stereocenters. The van der Waals surface area contributed by atoms with E-state index in [4.69, 9.17) is 0 Å². The topological polar surface area (TPSA) is 50.2 Å². The highest BCUT2D eigenvalue weighted by molar-refractivity contribution is 6.03. The summed E-state index contributed by atoms with van der Waals surface area (Å²) in [6, 6.07) is 5.92. The molecule has 0 saturated carbocycles. The van der Waals surface area contributed by atoms with Gasteiger partial charge in [0, 0.05) is 10.9 Å². The van der Waals surface area contributed by atoms with Crippen LogP contribution in [0.15, 0.2) is 36.4 Å². The van der Waals surface area contributed by atoms with Crippen molar-refractivity contribution < 1.29 is 27.5 Å². The molecule has 0 aliphatic heterocycles. The first kappa shape index (κ1) is 15.0. The number of pyridine rings is 1. The highest BCUT2D eigenvalue weighted by Crippen LogP contribution is 2.29. The third kappa shape index (κ3) is 2.50. The van der Waals surface area contributed by atoms with Crippen LogP contribution in [0, 0.1) is 23.3 Å². The summed E-state index contributed by atoms with van der Waals surface area (Å²) in [5, 5.41) is 9.25. The first-order valence-electron chi connectivity index (χ1n) is 6.36. The van der Waals surface area contributed by atoms with Crippen molar-refractivity contribution in [1.82, 2.24) is 4.98 Å². The van der Waals surface area contributed by atoms with E-state index in [9.17, 15) is 27.5 Å². The lowest BCUT2D eigenvalue weighted by Gasteiger charge is -2.08. The van der Waals surface area contributed by atoms with E-state index in [-0.39, 0.29) is 22.2 Å². The zero-order chi connectivity index (χ0) is 16.7. The highest BCUT2D eigenvalue weighted by atomic mass is 19.2. The average molecular weight is 321 g/mol. The second kappa shape index (κ2) is 5.35. The van der Waals surface area contributed by atoms with Crippen LogP contribution in [-0.4, -0.2) is 16.1 Å². The molecule has 0 fully saturated rings. The van der Waals surface area contributed by atoms with Gasteiger partial charge in [0.15, 0.2) is 17.5 Å². The Bertz CT molecular complexity index is 956. The van der Waals surface area contributed by atoms with E-state index in [1.165, 1.54) is 6.07 Å². The molecule has 1 aromatic heterocycles. The number of carboxylic acids is 1. The molecule has 0 saturated heterocycles. The highest BCUT2D eigenvalue weighted by Gasteiger charge is 2.19. The number of fused-ring (bicyclic) bond motifs is 1. The Labute approximate surface area is 126 Å². The number of hydrogen-bond donors (Lipinski definition) is 1. The fraction of sp³-hybridized carbons (Fsp3) is 0. The van der Waals surface area contributed by atoms with Gasteiger partial charge in [-0.15, -0.1) is 0 Å². The summed E-state index contributed by atoms with van der Waals surface area (Å²) in [5.74, 6) is -6.57. The van der Waals surface area contributed by atoms with Crippen LogP contribution in [-0.2, 0) is 0 Å². The molecule has 1 N–H and O–H groups in total. The molecular weight excluding hydrogens is 314 g/mol. The number of carbonyl (C=O) groups is 1. The van der Waals surface area contributed by atoms with Crippen molar-refractivity contribution in [1.29, 1.82) is 0 Å². The van der Waals surface area contributed by atoms with Gasteiger partial charge in [0.2, 0.25) is 0 Å². The Kier molecular flexibility index (Phi) is 3.48. The van der Waals surface area contributed by atoms with Crippen molar-refractivity contribution in [3.63, 3.8) is 0 Å². The van der Waals surface area contributed by atoms with E-state index >= 15 is 0 Å². The number of halogens is 4. The first-order chi connectivity index (χ1) is 10.9. The smallest absolute Gasteiger partial charge is 0.336 e. The number of carboxylic acid groups (broad SMARTS) is 1. The van der Waals surface area contributed by atoms with E-state index in [0.717, 1.165) is 24.3 Å². The SMILES string of the molecule is O=C(O)c1cc(-c2ccc(F)c(F)c2F)nc2ccc(F)cc12. The van der Waals surface area contributed by atoms with Crippen molar-refractivity contribution in [2.24, 2.45) is 0 Å². The minimum absolute atomic E-state index is 0.0178. The molecule has 2 aromatic carbocycles. The summed E-state index contributed by atoms with van der Waals surface area (Å²) in [6.45, 7) is 0. The van der Waals surface area contributed by atoms with Gasteiger partial charge >= 0.3 is 5.97 Å². The Hall–Kier alpha value is -2.96. The van der Waals surface area contributed by atoms with Gasteiger partial charge in [0.25, 0.3) is 0 Å². The van der Waals surface area contributed by atoms with Crippen molar-refractivity contribution in [2.45, 2.75) is 0 Å². The van der Waals surface area contributed by atoms with Gasteiger partial charge in [-0.05, 0) is 36.4 Å². The van der Waals surface area contributed by atoms with Crippen LogP contribution in [0.4, 0.5) is 17.6 Å². The van der Waals surface area contributed by atoms with E-state index in [1.807, 2.05) is 0 Å². The molecule has 1 heterocycles. The molecule has 0 aliphatic carbocycles. The van der Waals surface area contributed by atoms with Gasteiger partial charge in [-0.3, -0.25) is 0 Å². The molecule has 3 nitrogen and oxygen atoms in total. The second-order valence-electron chi connectivity index (χ2n) is 4.74. The third-order valence-electron chi connectivity index (χ3n) is 3.31. The monoisotopic (exact) mass is 321 g/mol. The normalized spacial score (nSPS) is 11.0. The molecule has 0 unspecified atom stereocenters. The molecule has 0 spiro atoms. The van der Waals surface area contributed by atoms with Gasteiger partial charge in [0.1, 0.15) is 5.82 Å². The van der Waals surface area contributed by atoms with Crippen LogP contribution in [0.5, 0.6) is 0 Å². The zero-order valence-electron chi connectivity index (χ0n) is 11.3. The van der Waals surface area contributed by atoms with Gasteiger partial charge < -0.3 is 5.11 Å². The van der Waals surface area contributed by atoms with E-state index in [1.54, 1.807) is 0 Å². The Morgan fingerprint density at radius 2 is 1.70 bits per heavy atom. The van der Waals surface area contributed by atoms with Crippen molar-refractivity contribution in [2.75, 3.05) is 0 Å². The van der Waals surface area contributed by atoms with Gasteiger partial charge in [-0.2, -0.15) is 0 Å². The molecular formula is C16H7F4NO2. The molecule has 0 radical (unpaired) electrons. The fourth-order valence-electron chi connectivity index (χ4n) is 2.24. The zero-order valence-corrected chi connectivity index (χ0v) is 11.3. The predicted octanol–water partition coefficient (Wildman–Crippen LogP) is 4.16. The average Bonchev–Trinajstić information content (AvgIpc) is 2.51. The van der Waals surface area contributed by atoms with E-state index < -0.39 is 34.8 Å². The van der Waals surface area contributed by atoms with Crippen LogP contribution >= 0.6 is 0 Å². The summed E-state index contributed by atoms with van der Waals surface area (Å²) < 4.78 is 53.5. The van der Waals surface area contributed by atoms with Gasteiger partial charge in [-0.25, -0.2) is 27.3 Å². The van der Waals surface area contributed by atoms with Crippen LogP contribution in [0.25, 0.3) is 22.2 Å². The lowest BCUT2D eigenvalue weighted by molar-refractivity contribution is 0.0699. The van der Waals surface area contributed by atoms with Crippen LogP contribution in [0.1, 0.15) is 10.4 Å². The maximum Gasteiger partial charge on any atom is 0.336 e. The van der Waals surface area contributed by atoms with Crippen molar-refractivity contribution in [3.05, 3.63) is 65.2 Å². The first-order valence-corrected chi connectivity index (χ1v) is 6.36. The van der Waals surface area contributed by atoms with Gasteiger partial charge in [0.05, 0.1) is 16.8 Å². The van der Waals surface area contributed by atoms with Crippen LogP contribution < -0.4 is 0 Å². The lowest BCUT2D eigenvalue weighted by Crippen LogP contribution is -2.02. The fourth-order valence-corrected chi connectivity index (χ4v) is 2.24. The number of nitrogens with zero attached hydrogens (tertiary/aromatic N) is 1. The lowest BCUT2D eigenvalue weighted by atomic mass is 10.0. The van der Waals surface area contributed by atoms with Crippen LogP contribution in [0.3, 0.4) is 0 Å². The maximum absolute atomic E-state index is 13.9. The Balaban J connectivity index is 2.34. The van der Waals surface area contributed by atoms with Crippen LogP contribution in [0.2, 0.25) is 0 Å². The molecule has 23 heavy (non-hydrogen) atoms. The summed E-state index contributed by atoms with van der Waals surface area (Å²) in [5.41, 5.74) is -0.824. The third-order valence-corrected chi connectivity index (χ3v) is 3.31. The molecule has 3 rings (SSSR count). The summed E-state index contributed by atoms with van der Waals surface area (Å²) in [7, 11) is 0. The van der Waals surface area contributed by atoms with E-state index in [2.05, 4.69) is 4.98 Å². The number of aromatic nitrogens is 1. The standard InChI is InChI=1S/C16H7F4NO2/c17-7-1-4-12-9(5-7)10(16(22)23)6-13(21-12)8-2-3-11(18)15(20)14(8)19/h1-6H,(H,22,23). The maximum atomic E-state index is 13.9. The molecule has 0 aliphatic rings. The largest absolute Gasteiger partial charge is 0.478 e. The summed E-state index contributed by atoms with van der Waals surface area (Å²) >= 11 is 0. The Morgan fingerprint density at radius 1 is 0.957 bits per heavy atom. The number of rotatable bonds is 2. The number of aromatic carboxylic acids is 1. The molecule has 0 bridgehead atoms. The van der Waals surface area contributed by atoms with E-state index in [0.29, 0.717) is 6.07 Å². The van der Waals surface area contributed by atoms with Gasteiger partial charge in [-0.1, -0.05) is 0 Å². The number of benzene rings is 2. The summed E-state index contributed by atoms with van der Waals surface area (Å²) in [6.07, 6.45) is 0. The molecule has 0 amide bonds.